The molecule has 0 spiro atoms. The summed E-state index contributed by atoms with van der Waals surface area (Å²) in [6, 6.07) is 25.3. The zero-order valence-corrected chi connectivity index (χ0v) is 28.6. The molecule has 0 radical (unpaired) electrons. The molecule has 1 unspecified atom stereocenters. The number of hydrogen-bond donors (Lipinski definition) is 1. The predicted octanol–water partition coefficient (Wildman–Crippen LogP) is 6.73. The molecular formula is C35H40N2O8PS+. The molecule has 248 valence electrons. The van der Waals surface area contributed by atoms with Gasteiger partial charge < -0.3 is 18.9 Å². The van der Waals surface area contributed by atoms with Gasteiger partial charge in [0.1, 0.15) is 35.5 Å². The third-order valence-electron chi connectivity index (χ3n) is 8.19. The first-order valence-corrected chi connectivity index (χ1v) is 18.3. The van der Waals surface area contributed by atoms with Crippen molar-refractivity contribution in [1.29, 1.82) is 0 Å². The lowest BCUT2D eigenvalue weighted by Crippen LogP contribution is -2.38. The fourth-order valence-electron chi connectivity index (χ4n) is 5.64. The van der Waals surface area contributed by atoms with E-state index in [2.05, 4.69) is 11.9 Å². The van der Waals surface area contributed by atoms with E-state index in [1.165, 1.54) is 22.1 Å². The Hall–Kier alpha value is -3.73. The number of benzene rings is 3. The number of aromatic nitrogens is 2. The van der Waals surface area contributed by atoms with Gasteiger partial charge in [0, 0.05) is 23.9 Å². The highest BCUT2D eigenvalue weighted by atomic mass is 32.7. The first-order valence-electron chi connectivity index (χ1n) is 15.5. The largest absolute Gasteiger partial charge is 0.585 e. The van der Waals surface area contributed by atoms with Crippen molar-refractivity contribution in [1.82, 2.24) is 9.55 Å². The molecule has 0 aliphatic carbocycles. The maximum absolute atomic E-state index is 13.1. The maximum Gasteiger partial charge on any atom is 0.585 e. The van der Waals surface area contributed by atoms with Gasteiger partial charge in [-0.3, -0.25) is 14.3 Å². The topological polar surface area (TPSA) is 118 Å². The predicted molar refractivity (Wildman–Crippen MR) is 183 cm³/mol. The van der Waals surface area contributed by atoms with Crippen LogP contribution in [-0.4, -0.2) is 48.3 Å². The Labute approximate surface area is 279 Å². The number of H-pyrrole nitrogens is 1. The van der Waals surface area contributed by atoms with Crippen LogP contribution < -0.4 is 20.7 Å². The van der Waals surface area contributed by atoms with Crippen LogP contribution in [0.15, 0.2) is 94.6 Å². The van der Waals surface area contributed by atoms with E-state index in [-0.39, 0.29) is 13.0 Å². The number of rotatable bonds is 15. The van der Waals surface area contributed by atoms with Crippen molar-refractivity contribution in [3.05, 3.63) is 128 Å². The Morgan fingerprint density at radius 1 is 0.936 bits per heavy atom. The summed E-state index contributed by atoms with van der Waals surface area (Å²) in [4.78, 5) is 27.3. The molecule has 5 rings (SSSR count). The molecule has 4 aromatic rings. The molecule has 0 saturated carbocycles. The standard InChI is InChI=1S/C35H39N2O8PS/c1-5-6-20-47-46(40)45-30-21-32(37-22-24(2)33(38)36-34(37)39)44-31(30)23-43-35(25-10-8-7-9-11-25,26-12-16-28(41-3)17-13-26)27-14-18-29(42-4)19-15-27/h7-19,22,30-32H,5-6,20-21,23H2,1-4H3/p+1/t30-,31+,32+/m0/s1. The highest BCUT2D eigenvalue weighted by molar-refractivity contribution is 8.50. The minimum atomic E-state index is -2.06. The summed E-state index contributed by atoms with van der Waals surface area (Å²) in [6.07, 6.45) is 1.48. The molecule has 10 nitrogen and oxygen atoms in total. The van der Waals surface area contributed by atoms with Gasteiger partial charge in [-0.1, -0.05) is 67.9 Å². The lowest BCUT2D eigenvalue weighted by Gasteiger charge is -2.37. The van der Waals surface area contributed by atoms with Gasteiger partial charge in [-0.2, -0.15) is 0 Å². The van der Waals surface area contributed by atoms with Crippen LogP contribution in [0.2, 0.25) is 0 Å². The Balaban J connectivity index is 1.55. The van der Waals surface area contributed by atoms with Crippen molar-refractivity contribution in [3.63, 3.8) is 0 Å². The number of nitrogens with zero attached hydrogens (tertiary/aromatic N) is 1. The molecule has 4 atom stereocenters. The molecule has 2 heterocycles. The SMILES string of the molecule is CCCCS[P+](=O)O[C@H]1C[C@H](n2cc(C)c(=O)[nH]c2=O)O[C@@H]1COC(c1ccccc1)(c1ccc(OC)cc1)c1ccc(OC)cc1. The highest BCUT2D eigenvalue weighted by Crippen LogP contribution is 2.46. The van der Waals surface area contributed by atoms with E-state index in [1.54, 1.807) is 21.1 Å². The van der Waals surface area contributed by atoms with Crippen LogP contribution in [0.4, 0.5) is 0 Å². The van der Waals surface area contributed by atoms with Crippen molar-refractivity contribution >= 4 is 18.6 Å². The lowest BCUT2D eigenvalue weighted by molar-refractivity contribution is -0.0908. The molecule has 1 aliphatic rings. The minimum Gasteiger partial charge on any atom is -0.497 e. The van der Waals surface area contributed by atoms with Crippen LogP contribution >= 0.6 is 18.6 Å². The van der Waals surface area contributed by atoms with Crippen molar-refractivity contribution in [2.75, 3.05) is 26.6 Å². The fraction of sp³-hybridized carbons (Fsp3) is 0.371. The van der Waals surface area contributed by atoms with E-state index in [0.29, 0.717) is 22.8 Å². The Bertz CT molecular complexity index is 1700. The second-order valence-corrected chi connectivity index (χ2v) is 14.2. The summed E-state index contributed by atoms with van der Waals surface area (Å²) in [5.74, 6) is 2.10. The first-order chi connectivity index (χ1) is 22.8. The van der Waals surface area contributed by atoms with Crippen molar-refractivity contribution in [2.24, 2.45) is 0 Å². The molecule has 1 N–H and O–H groups in total. The van der Waals surface area contributed by atoms with Gasteiger partial charge in [-0.25, -0.2) is 4.79 Å². The molecule has 12 heteroatoms. The van der Waals surface area contributed by atoms with Crippen molar-refractivity contribution in [2.45, 2.75) is 57.1 Å². The molecule has 3 aromatic carbocycles. The summed E-state index contributed by atoms with van der Waals surface area (Å²) < 4.78 is 44.9. The average molecular weight is 680 g/mol. The Kier molecular flexibility index (Phi) is 11.7. The van der Waals surface area contributed by atoms with Crippen LogP contribution in [0.5, 0.6) is 11.5 Å². The molecule has 1 aliphatic heterocycles. The number of aryl methyl sites for hydroxylation is 1. The highest BCUT2D eigenvalue weighted by Gasteiger charge is 2.46. The van der Waals surface area contributed by atoms with Crippen LogP contribution in [0.3, 0.4) is 0 Å². The fourth-order valence-corrected chi connectivity index (χ4v) is 8.06. The Morgan fingerprint density at radius 3 is 2.11 bits per heavy atom. The van der Waals surface area contributed by atoms with Crippen molar-refractivity contribution < 1.29 is 28.0 Å². The number of methoxy groups -OCH3 is 2. The van der Waals surface area contributed by atoms with Gasteiger partial charge in [-0.05, 0) is 58.9 Å². The van der Waals surface area contributed by atoms with Gasteiger partial charge in [-0.15, -0.1) is 4.52 Å². The summed E-state index contributed by atoms with van der Waals surface area (Å²) in [5, 5.41) is 0. The normalized spacial score (nSPS) is 18.2. The van der Waals surface area contributed by atoms with Gasteiger partial charge in [0.15, 0.2) is 11.4 Å². The van der Waals surface area contributed by atoms with Gasteiger partial charge in [0.2, 0.25) is 0 Å². The van der Waals surface area contributed by atoms with Crippen LogP contribution in [0.1, 0.15) is 54.7 Å². The zero-order valence-electron chi connectivity index (χ0n) is 26.9. The zero-order chi connectivity index (χ0) is 33.4. The first kappa shape index (κ1) is 34.6. The molecule has 0 amide bonds. The third kappa shape index (κ3) is 7.88. The monoisotopic (exact) mass is 679 g/mol. The van der Waals surface area contributed by atoms with Crippen molar-refractivity contribution in [3.8, 4) is 11.5 Å². The third-order valence-corrected chi connectivity index (χ3v) is 10.8. The van der Waals surface area contributed by atoms with E-state index in [4.69, 9.17) is 23.5 Å². The van der Waals surface area contributed by atoms with E-state index >= 15 is 0 Å². The van der Waals surface area contributed by atoms with Gasteiger partial charge >= 0.3 is 12.9 Å². The molecule has 1 saturated heterocycles. The van der Waals surface area contributed by atoms with Crippen LogP contribution in [-0.2, 0) is 24.2 Å². The van der Waals surface area contributed by atoms with E-state index in [1.807, 2.05) is 78.9 Å². The van der Waals surface area contributed by atoms with Gasteiger partial charge in [0.25, 0.3) is 5.56 Å². The van der Waals surface area contributed by atoms with E-state index in [9.17, 15) is 14.2 Å². The number of hydrogen-bond acceptors (Lipinski definition) is 9. The van der Waals surface area contributed by atoms with Crippen LogP contribution in [0.25, 0.3) is 0 Å². The maximum atomic E-state index is 13.1. The number of ether oxygens (including phenoxy) is 4. The Morgan fingerprint density at radius 2 is 1.53 bits per heavy atom. The molecule has 47 heavy (non-hydrogen) atoms. The van der Waals surface area contributed by atoms with Crippen LogP contribution in [0, 0.1) is 6.92 Å². The summed E-state index contributed by atoms with van der Waals surface area (Å²) >= 11 is 1.27. The molecule has 0 bridgehead atoms. The smallest absolute Gasteiger partial charge is 0.497 e. The average Bonchev–Trinajstić information content (AvgIpc) is 3.49. The second-order valence-electron chi connectivity index (χ2n) is 11.2. The number of aromatic amines is 1. The van der Waals surface area contributed by atoms with E-state index < -0.39 is 42.5 Å². The lowest BCUT2D eigenvalue weighted by atomic mass is 9.80. The van der Waals surface area contributed by atoms with E-state index in [0.717, 1.165) is 29.5 Å². The summed E-state index contributed by atoms with van der Waals surface area (Å²) in [6.45, 7) is 3.72. The second kappa shape index (κ2) is 15.9. The molecule has 1 aromatic heterocycles. The molecule has 1 fully saturated rings. The minimum absolute atomic E-state index is 0.0218. The van der Waals surface area contributed by atoms with Gasteiger partial charge in [0.05, 0.1) is 20.8 Å². The number of unbranched alkanes of at least 4 members (excludes halogenated alkanes) is 1. The quantitative estimate of drug-likeness (QED) is 0.0829. The summed E-state index contributed by atoms with van der Waals surface area (Å²) in [7, 11) is 1.18. The summed E-state index contributed by atoms with van der Waals surface area (Å²) in [5.41, 5.74) is 0.757. The number of nitrogens with one attached hydrogen (secondary N) is 1. The molecular weight excluding hydrogens is 639 g/mol.